The number of nitrogens with two attached hydrogens (primary N) is 1. The van der Waals surface area contributed by atoms with Crippen molar-refractivity contribution in [2.45, 2.75) is 38.1 Å². The molecule has 102 valence electrons. The third-order valence-electron chi connectivity index (χ3n) is 3.62. The largest absolute Gasteiger partial charge is 0.392 e. The summed E-state index contributed by atoms with van der Waals surface area (Å²) in [6.07, 6.45) is 4.37. The second-order valence-corrected chi connectivity index (χ2v) is 5.46. The van der Waals surface area contributed by atoms with Crippen LogP contribution in [0.5, 0.6) is 0 Å². The van der Waals surface area contributed by atoms with Crippen molar-refractivity contribution in [1.82, 2.24) is 4.90 Å². The van der Waals surface area contributed by atoms with Crippen molar-refractivity contribution in [2.75, 3.05) is 6.54 Å². The number of carbonyl (C=O) groups excluding carboxylic acids is 1. The number of hydrogen-bond donors (Lipinski definition) is 1. The average Bonchev–Trinajstić information content (AvgIpc) is 2.46. The summed E-state index contributed by atoms with van der Waals surface area (Å²) < 4.78 is 0. The van der Waals surface area contributed by atoms with Crippen molar-refractivity contribution >= 4 is 23.1 Å². The Morgan fingerprint density at radius 3 is 2.74 bits per heavy atom. The van der Waals surface area contributed by atoms with E-state index in [1.54, 1.807) is 0 Å². The van der Waals surface area contributed by atoms with Gasteiger partial charge in [-0.1, -0.05) is 42.5 Å². The van der Waals surface area contributed by atoms with Crippen LogP contribution in [0.15, 0.2) is 30.3 Å². The number of rotatable bonds is 4. The molecule has 1 aliphatic heterocycles. The van der Waals surface area contributed by atoms with E-state index in [4.69, 9.17) is 18.0 Å². The molecule has 4 heteroatoms. The molecule has 1 aromatic carbocycles. The van der Waals surface area contributed by atoms with Crippen molar-refractivity contribution in [3.63, 3.8) is 0 Å². The summed E-state index contributed by atoms with van der Waals surface area (Å²) in [5, 5.41) is 0. The minimum absolute atomic E-state index is 0.0352. The number of nitrogens with zero attached hydrogens (tertiary/aromatic N) is 1. The molecule has 0 aliphatic carbocycles. The lowest BCUT2D eigenvalue weighted by Crippen LogP contribution is -2.49. The first-order valence-corrected chi connectivity index (χ1v) is 7.22. The van der Waals surface area contributed by atoms with E-state index in [2.05, 4.69) is 12.1 Å². The summed E-state index contributed by atoms with van der Waals surface area (Å²) in [5.41, 5.74) is 6.93. The molecule has 1 saturated heterocycles. The number of carbonyl (C=O) groups is 1. The highest BCUT2D eigenvalue weighted by atomic mass is 32.1. The molecule has 1 heterocycles. The fourth-order valence-corrected chi connectivity index (χ4v) is 2.81. The Kier molecular flexibility index (Phi) is 4.91. The number of amides is 1. The molecule has 1 unspecified atom stereocenters. The minimum atomic E-state index is -0.0352. The quantitative estimate of drug-likeness (QED) is 0.858. The van der Waals surface area contributed by atoms with Crippen LogP contribution in [0.25, 0.3) is 0 Å². The number of thiocarbonyl (C=S) groups is 1. The van der Waals surface area contributed by atoms with Gasteiger partial charge in [0.15, 0.2) is 0 Å². The summed E-state index contributed by atoms with van der Waals surface area (Å²) in [6, 6.07) is 10.0. The lowest BCUT2D eigenvalue weighted by Gasteiger charge is -2.35. The molecule has 0 bridgehead atoms. The Labute approximate surface area is 119 Å². The smallest absolute Gasteiger partial charge is 0.223 e. The zero-order valence-corrected chi connectivity index (χ0v) is 11.9. The molecule has 2 N–H and O–H groups in total. The Bertz CT molecular complexity index is 447. The summed E-state index contributed by atoms with van der Waals surface area (Å²) in [7, 11) is 0. The Hall–Kier alpha value is -1.42. The van der Waals surface area contributed by atoms with Gasteiger partial charge in [-0.3, -0.25) is 4.79 Å². The molecule has 1 aromatic rings. The monoisotopic (exact) mass is 276 g/mol. The predicted molar refractivity (Wildman–Crippen MR) is 80.9 cm³/mol. The van der Waals surface area contributed by atoms with Gasteiger partial charge in [0.2, 0.25) is 5.91 Å². The van der Waals surface area contributed by atoms with E-state index >= 15 is 0 Å². The van der Waals surface area contributed by atoms with Crippen LogP contribution in [0.3, 0.4) is 0 Å². The van der Waals surface area contributed by atoms with Gasteiger partial charge in [-0.15, -0.1) is 0 Å². The highest BCUT2D eigenvalue weighted by molar-refractivity contribution is 7.80. The zero-order chi connectivity index (χ0) is 13.7. The average molecular weight is 276 g/mol. The fourth-order valence-electron chi connectivity index (χ4n) is 2.57. The van der Waals surface area contributed by atoms with E-state index in [-0.39, 0.29) is 11.9 Å². The van der Waals surface area contributed by atoms with Crippen LogP contribution in [-0.4, -0.2) is 28.4 Å². The topological polar surface area (TPSA) is 46.3 Å². The molecule has 1 fully saturated rings. The van der Waals surface area contributed by atoms with Crippen LogP contribution in [0.4, 0.5) is 0 Å². The molecule has 1 atom stereocenters. The van der Waals surface area contributed by atoms with Gasteiger partial charge in [0.05, 0.1) is 11.0 Å². The van der Waals surface area contributed by atoms with E-state index < -0.39 is 0 Å². The van der Waals surface area contributed by atoms with Gasteiger partial charge in [0.25, 0.3) is 0 Å². The van der Waals surface area contributed by atoms with Crippen LogP contribution in [0.1, 0.15) is 31.2 Å². The number of likely N-dealkylation sites (tertiary alicyclic amines) is 1. The molecule has 0 aromatic heterocycles. The number of aryl methyl sites for hydroxylation is 1. The first-order valence-electron chi connectivity index (χ1n) is 6.81. The van der Waals surface area contributed by atoms with E-state index in [1.807, 2.05) is 23.1 Å². The van der Waals surface area contributed by atoms with Gasteiger partial charge in [-0.2, -0.15) is 0 Å². The molecule has 2 rings (SSSR count). The maximum atomic E-state index is 12.3. The Balaban J connectivity index is 1.93. The summed E-state index contributed by atoms with van der Waals surface area (Å²) in [6.45, 7) is 0.787. The summed E-state index contributed by atoms with van der Waals surface area (Å²) >= 11 is 5.07. The molecular weight excluding hydrogens is 256 g/mol. The second-order valence-electron chi connectivity index (χ2n) is 4.99. The van der Waals surface area contributed by atoms with E-state index in [1.165, 1.54) is 5.56 Å². The van der Waals surface area contributed by atoms with Crippen LogP contribution in [0, 0.1) is 0 Å². The Morgan fingerprint density at radius 1 is 1.32 bits per heavy atom. The van der Waals surface area contributed by atoms with Crippen LogP contribution < -0.4 is 5.73 Å². The van der Waals surface area contributed by atoms with Crippen LogP contribution in [-0.2, 0) is 11.2 Å². The van der Waals surface area contributed by atoms with Crippen molar-refractivity contribution in [3.8, 4) is 0 Å². The van der Waals surface area contributed by atoms with Gasteiger partial charge in [-0.05, 0) is 31.2 Å². The molecule has 1 amide bonds. The highest BCUT2D eigenvalue weighted by Crippen LogP contribution is 2.19. The zero-order valence-electron chi connectivity index (χ0n) is 11.0. The molecule has 0 spiro atoms. The lowest BCUT2D eigenvalue weighted by molar-refractivity contribution is -0.133. The maximum absolute atomic E-state index is 12.3. The fraction of sp³-hybridized carbons (Fsp3) is 0.467. The van der Waals surface area contributed by atoms with Crippen molar-refractivity contribution in [1.29, 1.82) is 0 Å². The van der Waals surface area contributed by atoms with E-state index in [0.29, 0.717) is 11.4 Å². The van der Waals surface area contributed by atoms with Gasteiger partial charge in [0.1, 0.15) is 0 Å². The van der Waals surface area contributed by atoms with Crippen molar-refractivity contribution in [2.24, 2.45) is 5.73 Å². The van der Waals surface area contributed by atoms with Crippen LogP contribution in [0.2, 0.25) is 0 Å². The summed E-state index contributed by atoms with van der Waals surface area (Å²) in [4.78, 5) is 14.6. The third-order valence-corrected chi connectivity index (χ3v) is 3.89. The molecule has 19 heavy (non-hydrogen) atoms. The van der Waals surface area contributed by atoms with Crippen molar-refractivity contribution < 1.29 is 4.79 Å². The van der Waals surface area contributed by atoms with Crippen LogP contribution >= 0.6 is 12.2 Å². The Morgan fingerprint density at radius 2 is 2.05 bits per heavy atom. The van der Waals surface area contributed by atoms with E-state index in [9.17, 15) is 4.79 Å². The first kappa shape index (κ1) is 14.0. The SMILES string of the molecule is NC(=S)C1CCCCN1C(=O)CCc1ccccc1. The normalized spacial score (nSPS) is 19.2. The number of piperidine rings is 1. The number of hydrogen-bond acceptors (Lipinski definition) is 2. The molecule has 3 nitrogen and oxygen atoms in total. The predicted octanol–water partition coefficient (Wildman–Crippen LogP) is 2.29. The molecule has 0 radical (unpaired) electrons. The van der Waals surface area contributed by atoms with Gasteiger partial charge in [0, 0.05) is 13.0 Å². The van der Waals surface area contributed by atoms with E-state index in [0.717, 1.165) is 32.2 Å². The van der Waals surface area contributed by atoms with Gasteiger partial charge < -0.3 is 10.6 Å². The second kappa shape index (κ2) is 6.66. The standard InChI is InChI=1S/C15H20N2OS/c16-15(19)13-8-4-5-11-17(13)14(18)10-9-12-6-2-1-3-7-12/h1-3,6-7,13H,4-5,8-11H2,(H2,16,19). The lowest BCUT2D eigenvalue weighted by atomic mass is 10.0. The highest BCUT2D eigenvalue weighted by Gasteiger charge is 2.27. The minimum Gasteiger partial charge on any atom is -0.392 e. The maximum Gasteiger partial charge on any atom is 0.223 e. The van der Waals surface area contributed by atoms with Gasteiger partial charge in [-0.25, -0.2) is 0 Å². The first-order chi connectivity index (χ1) is 9.18. The molecular formula is C15H20N2OS. The van der Waals surface area contributed by atoms with Gasteiger partial charge >= 0.3 is 0 Å². The summed E-state index contributed by atoms with van der Waals surface area (Å²) in [5.74, 6) is 0.168. The number of benzene rings is 1. The molecule has 1 aliphatic rings. The van der Waals surface area contributed by atoms with Crippen molar-refractivity contribution in [3.05, 3.63) is 35.9 Å². The third kappa shape index (κ3) is 3.77. The molecule has 0 saturated carbocycles.